The Bertz CT molecular complexity index is 1170. The van der Waals surface area contributed by atoms with Crippen LogP contribution in [0.1, 0.15) is 46.1 Å². The number of anilines is 1. The zero-order valence-corrected chi connectivity index (χ0v) is 22.1. The van der Waals surface area contributed by atoms with Crippen molar-refractivity contribution in [2.24, 2.45) is 7.05 Å². The van der Waals surface area contributed by atoms with Crippen LogP contribution in [-0.4, -0.2) is 27.0 Å². The van der Waals surface area contributed by atoms with Gasteiger partial charge in [-0.3, -0.25) is 0 Å². The Morgan fingerprint density at radius 2 is 1.81 bits per heavy atom. The minimum absolute atomic E-state index is 0.00628. The normalized spacial score (nSPS) is 12.4. The molecule has 0 saturated carbocycles. The molecule has 2 heterocycles. The maximum absolute atomic E-state index is 13.3. The van der Waals surface area contributed by atoms with E-state index in [0.29, 0.717) is 23.5 Å². The van der Waals surface area contributed by atoms with Gasteiger partial charge in [0.25, 0.3) is 8.32 Å². The van der Waals surface area contributed by atoms with E-state index in [1.165, 1.54) is 0 Å². The molecule has 0 aliphatic rings. The number of hydrogen-bond donors (Lipinski definition) is 0. The molecule has 6 heteroatoms. The minimum Gasteiger partial charge on any atom is -0.540 e. The number of nitrogens with zero attached hydrogens (tertiary/aromatic N) is 2. The third-order valence-electron chi connectivity index (χ3n) is 6.68. The van der Waals surface area contributed by atoms with E-state index in [0.717, 1.165) is 35.0 Å². The molecule has 1 aromatic carbocycles. The van der Waals surface area contributed by atoms with Crippen LogP contribution in [0, 0.1) is 0 Å². The predicted octanol–water partition coefficient (Wildman–Crippen LogP) is 6.59. The molecule has 0 unspecified atom stereocenters. The van der Waals surface area contributed by atoms with Crippen molar-refractivity contribution >= 4 is 24.9 Å². The molecule has 0 spiro atoms. The van der Waals surface area contributed by atoms with Crippen molar-refractivity contribution in [3.05, 3.63) is 46.4 Å². The maximum atomic E-state index is 13.3. The van der Waals surface area contributed by atoms with Gasteiger partial charge in [0.1, 0.15) is 0 Å². The summed E-state index contributed by atoms with van der Waals surface area (Å²) in [4.78, 5) is 15.3. The monoisotopic (exact) mass is 454 g/mol. The van der Waals surface area contributed by atoms with Crippen molar-refractivity contribution < 1.29 is 8.84 Å². The van der Waals surface area contributed by atoms with E-state index in [2.05, 4.69) is 57.5 Å². The molecule has 0 aliphatic heterocycles. The van der Waals surface area contributed by atoms with Crippen LogP contribution < -0.4 is 15.0 Å². The Balaban J connectivity index is 2.39. The lowest BCUT2D eigenvalue weighted by Gasteiger charge is -2.38. The number of aromatic nitrogens is 1. The van der Waals surface area contributed by atoms with Crippen LogP contribution in [0.2, 0.25) is 18.1 Å². The average Bonchev–Trinajstić information content (AvgIpc) is 3.03. The zero-order chi connectivity index (χ0) is 23.8. The van der Waals surface area contributed by atoms with E-state index in [9.17, 15) is 4.79 Å². The lowest BCUT2D eigenvalue weighted by Crippen LogP contribution is -2.44. The van der Waals surface area contributed by atoms with Gasteiger partial charge in [-0.15, -0.1) is 0 Å². The van der Waals surface area contributed by atoms with Crippen LogP contribution in [0.25, 0.3) is 22.2 Å². The van der Waals surface area contributed by atoms with Crippen LogP contribution >= 0.6 is 0 Å². The molecule has 3 rings (SSSR count). The molecular formula is C26H38N2O3Si. The molecule has 0 atom stereocenters. The first-order valence-corrected chi connectivity index (χ1v) is 14.4. The van der Waals surface area contributed by atoms with E-state index in [-0.39, 0.29) is 10.7 Å². The van der Waals surface area contributed by atoms with E-state index in [1.807, 2.05) is 44.4 Å². The van der Waals surface area contributed by atoms with E-state index in [4.69, 9.17) is 8.84 Å². The standard InChI is InChI=1S/C26H38N2O3Si/c1-10-11-14-19-22(27(5)6)24(31-32(8,9)26(2,3)4)23(30-25(19)29)20-17-28(7)21-16-13-12-15-18(20)21/h12-13,15-17H,10-11,14H2,1-9H3. The number of para-hydroxylation sites is 1. The second-order valence-electron chi connectivity index (χ2n) is 10.4. The fourth-order valence-electron chi connectivity index (χ4n) is 3.79. The molecule has 0 bridgehead atoms. The van der Waals surface area contributed by atoms with Crippen molar-refractivity contribution in [1.82, 2.24) is 4.57 Å². The van der Waals surface area contributed by atoms with Gasteiger partial charge < -0.3 is 18.3 Å². The molecule has 174 valence electrons. The summed E-state index contributed by atoms with van der Waals surface area (Å²) in [6.45, 7) is 13.3. The number of hydrogen-bond acceptors (Lipinski definition) is 4. The molecule has 2 aromatic heterocycles. The molecule has 5 nitrogen and oxygen atoms in total. The third kappa shape index (κ3) is 4.38. The van der Waals surface area contributed by atoms with Crippen LogP contribution in [0.5, 0.6) is 5.75 Å². The zero-order valence-electron chi connectivity index (χ0n) is 21.1. The first-order valence-electron chi connectivity index (χ1n) is 11.5. The molecule has 0 aliphatic carbocycles. The summed E-state index contributed by atoms with van der Waals surface area (Å²) in [6.07, 6.45) is 4.65. The van der Waals surface area contributed by atoms with Crippen molar-refractivity contribution in [3.8, 4) is 17.1 Å². The smallest absolute Gasteiger partial charge is 0.341 e. The molecule has 0 saturated heterocycles. The summed E-state index contributed by atoms with van der Waals surface area (Å²) < 4.78 is 15.1. The summed E-state index contributed by atoms with van der Waals surface area (Å²) in [6, 6.07) is 8.18. The number of rotatable bonds is 7. The van der Waals surface area contributed by atoms with Crippen LogP contribution in [-0.2, 0) is 13.5 Å². The first kappa shape index (κ1) is 24.2. The molecule has 0 amide bonds. The largest absolute Gasteiger partial charge is 0.540 e. The second-order valence-corrected chi connectivity index (χ2v) is 15.1. The molecule has 0 fully saturated rings. The Morgan fingerprint density at radius 1 is 1.16 bits per heavy atom. The number of aryl methyl sites for hydroxylation is 1. The molecule has 0 radical (unpaired) electrons. The summed E-state index contributed by atoms with van der Waals surface area (Å²) in [5, 5.41) is 1.05. The summed E-state index contributed by atoms with van der Waals surface area (Å²) >= 11 is 0. The van der Waals surface area contributed by atoms with Gasteiger partial charge in [0.15, 0.2) is 11.5 Å². The highest BCUT2D eigenvalue weighted by Gasteiger charge is 2.41. The third-order valence-corrected chi connectivity index (χ3v) is 11.0. The van der Waals surface area contributed by atoms with Crippen molar-refractivity contribution in [1.29, 1.82) is 0 Å². The topological polar surface area (TPSA) is 47.6 Å². The van der Waals surface area contributed by atoms with Gasteiger partial charge in [0, 0.05) is 43.8 Å². The Morgan fingerprint density at radius 3 is 2.41 bits per heavy atom. The van der Waals surface area contributed by atoms with Gasteiger partial charge in [0.2, 0.25) is 0 Å². The minimum atomic E-state index is -2.22. The highest BCUT2D eigenvalue weighted by molar-refractivity contribution is 6.74. The van der Waals surface area contributed by atoms with Gasteiger partial charge in [-0.25, -0.2) is 4.79 Å². The SMILES string of the molecule is CCCCc1c(N(C)C)c(O[Si](C)(C)C(C)(C)C)c(-c2cn(C)c3ccccc23)oc1=O. The number of fused-ring (bicyclic) bond motifs is 1. The van der Waals surface area contributed by atoms with Crippen molar-refractivity contribution in [3.63, 3.8) is 0 Å². The van der Waals surface area contributed by atoms with Crippen LogP contribution in [0.3, 0.4) is 0 Å². The maximum Gasteiger partial charge on any atom is 0.341 e. The lowest BCUT2D eigenvalue weighted by molar-refractivity contribution is 0.448. The molecule has 32 heavy (non-hydrogen) atoms. The average molecular weight is 455 g/mol. The molecule has 0 N–H and O–H groups in total. The molecular weight excluding hydrogens is 416 g/mol. The number of benzene rings is 1. The van der Waals surface area contributed by atoms with Gasteiger partial charge in [0.05, 0.1) is 11.3 Å². The van der Waals surface area contributed by atoms with Crippen LogP contribution in [0.15, 0.2) is 39.7 Å². The van der Waals surface area contributed by atoms with E-state index >= 15 is 0 Å². The summed E-state index contributed by atoms with van der Waals surface area (Å²) in [7, 11) is 3.76. The molecule has 3 aromatic rings. The predicted molar refractivity (Wildman–Crippen MR) is 138 cm³/mol. The van der Waals surface area contributed by atoms with E-state index < -0.39 is 8.32 Å². The van der Waals surface area contributed by atoms with Gasteiger partial charge >= 0.3 is 5.63 Å². The van der Waals surface area contributed by atoms with Crippen molar-refractivity contribution in [2.45, 2.75) is 65.1 Å². The Hall–Kier alpha value is -2.47. The van der Waals surface area contributed by atoms with Crippen LogP contribution in [0.4, 0.5) is 5.69 Å². The second kappa shape index (κ2) is 8.81. The van der Waals surface area contributed by atoms with Crippen molar-refractivity contribution in [2.75, 3.05) is 19.0 Å². The quantitative estimate of drug-likeness (QED) is 0.378. The highest BCUT2D eigenvalue weighted by Crippen LogP contribution is 2.46. The Labute approximate surface area is 193 Å². The Kier molecular flexibility index (Phi) is 6.66. The highest BCUT2D eigenvalue weighted by atomic mass is 28.4. The fourth-order valence-corrected chi connectivity index (χ4v) is 4.80. The van der Waals surface area contributed by atoms with Gasteiger partial charge in [-0.1, -0.05) is 52.3 Å². The lowest BCUT2D eigenvalue weighted by atomic mass is 10.0. The van der Waals surface area contributed by atoms with Gasteiger partial charge in [-0.2, -0.15) is 0 Å². The summed E-state index contributed by atoms with van der Waals surface area (Å²) in [5.74, 6) is 1.23. The first-order chi connectivity index (χ1) is 14.9. The summed E-state index contributed by atoms with van der Waals surface area (Å²) in [5.41, 5.74) is 3.26. The van der Waals surface area contributed by atoms with E-state index in [1.54, 1.807) is 0 Å². The number of unbranched alkanes of at least 4 members (excludes halogenated alkanes) is 1. The van der Waals surface area contributed by atoms with Gasteiger partial charge in [-0.05, 0) is 37.0 Å². The fraction of sp³-hybridized carbons (Fsp3) is 0.500.